The van der Waals surface area contributed by atoms with Crippen molar-refractivity contribution in [2.75, 3.05) is 17.5 Å². The maximum atomic E-state index is 13.4. The number of nitrogens with one attached hydrogen (secondary N) is 1. The first-order chi connectivity index (χ1) is 15.3. The van der Waals surface area contributed by atoms with Crippen LogP contribution in [0.15, 0.2) is 77.7 Å². The van der Waals surface area contributed by atoms with Crippen molar-refractivity contribution in [3.8, 4) is 5.75 Å². The normalized spacial score (nSPS) is 11.1. The molecule has 0 fully saturated rings. The first-order valence-electron chi connectivity index (χ1n) is 10.4. The van der Waals surface area contributed by atoms with E-state index in [-0.39, 0.29) is 18.0 Å². The number of benzene rings is 3. The molecule has 3 aromatic carbocycles. The van der Waals surface area contributed by atoms with Crippen LogP contribution in [0.5, 0.6) is 5.75 Å². The Kier molecular flexibility index (Phi) is 7.53. The molecule has 0 aliphatic rings. The maximum absolute atomic E-state index is 13.4. The molecule has 3 aromatic rings. The summed E-state index contributed by atoms with van der Waals surface area (Å²) >= 11 is 0. The fourth-order valence-corrected chi connectivity index (χ4v) is 4.85. The lowest BCUT2D eigenvalue weighted by Gasteiger charge is -2.25. The average molecular weight is 453 g/mol. The minimum atomic E-state index is -3.93. The fourth-order valence-electron chi connectivity index (χ4n) is 3.43. The van der Waals surface area contributed by atoms with Crippen molar-refractivity contribution in [1.29, 1.82) is 0 Å². The van der Waals surface area contributed by atoms with Gasteiger partial charge in [-0.25, -0.2) is 8.42 Å². The molecule has 0 spiro atoms. The molecule has 0 aliphatic heterocycles. The third-order valence-electron chi connectivity index (χ3n) is 4.81. The minimum absolute atomic E-state index is 0.136. The number of nitrogens with zero attached hydrogens (tertiary/aromatic N) is 1. The lowest BCUT2D eigenvalue weighted by Crippen LogP contribution is -2.40. The first kappa shape index (κ1) is 23.3. The van der Waals surface area contributed by atoms with Crippen LogP contribution in [0.25, 0.3) is 0 Å². The maximum Gasteiger partial charge on any atom is 0.264 e. The smallest absolute Gasteiger partial charge is 0.264 e. The van der Waals surface area contributed by atoms with Crippen molar-refractivity contribution in [1.82, 2.24) is 5.32 Å². The number of carbonyl (C=O) groups is 1. The van der Waals surface area contributed by atoms with E-state index in [9.17, 15) is 13.2 Å². The van der Waals surface area contributed by atoms with Gasteiger partial charge in [0.2, 0.25) is 5.91 Å². The molecule has 0 bridgehead atoms. The highest BCUT2D eigenvalue weighted by Gasteiger charge is 2.27. The summed E-state index contributed by atoms with van der Waals surface area (Å²) < 4.78 is 33.5. The summed E-state index contributed by atoms with van der Waals surface area (Å²) in [5.41, 5.74) is 3.16. The molecular weight excluding hydrogens is 424 g/mol. The van der Waals surface area contributed by atoms with Gasteiger partial charge in [0.05, 0.1) is 17.2 Å². The third-order valence-corrected chi connectivity index (χ3v) is 6.60. The number of aryl methyl sites for hydroxylation is 2. The Morgan fingerprint density at radius 1 is 0.938 bits per heavy atom. The van der Waals surface area contributed by atoms with Crippen LogP contribution < -0.4 is 14.4 Å². The van der Waals surface area contributed by atoms with Gasteiger partial charge in [-0.15, -0.1) is 0 Å². The molecular formula is C25H28N2O4S. The second-order valence-electron chi connectivity index (χ2n) is 7.53. The molecule has 6 nitrogen and oxygen atoms in total. The summed E-state index contributed by atoms with van der Waals surface area (Å²) in [5, 5.41) is 2.82. The molecule has 0 aromatic heterocycles. The van der Waals surface area contributed by atoms with Crippen molar-refractivity contribution in [2.24, 2.45) is 0 Å². The first-order valence-corrected chi connectivity index (χ1v) is 11.9. The van der Waals surface area contributed by atoms with Crippen molar-refractivity contribution >= 4 is 21.6 Å². The molecule has 1 amide bonds. The van der Waals surface area contributed by atoms with E-state index in [0.717, 1.165) is 26.7 Å². The van der Waals surface area contributed by atoms with Crippen LogP contribution in [0.3, 0.4) is 0 Å². The lowest BCUT2D eigenvalue weighted by atomic mass is 10.1. The number of amides is 1. The van der Waals surface area contributed by atoms with Crippen molar-refractivity contribution in [3.63, 3.8) is 0 Å². The number of anilines is 1. The molecule has 168 valence electrons. The Morgan fingerprint density at radius 2 is 1.62 bits per heavy atom. The highest BCUT2D eigenvalue weighted by molar-refractivity contribution is 7.92. The molecule has 3 rings (SSSR count). The SMILES string of the molecule is CCOc1cccc(CNC(=O)CN(c2cc(C)cc(C)c2)S(=O)(=O)c2ccccc2)c1. The number of sulfonamides is 1. The van der Waals surface area contributed by atoms with Gasteiger partial charge in [-0.1, -0.05) is 36.4 Å². The molecule has 0 radical (unpaired) electrons. The van der Waals surface area contributed by atoms with Crippen LogP contribution in [0, 0.1) is 13.8 Å². The Bertz CT molecular complexity index is 1160. The van der Waals surface area contributed by atoms with E-state index >= 15 is 0 Å². The van der Waals surface area contributed by atoms with E-state index in [4.69, 9.17) is 4.74 Å². The highest BCUT2D eigenvalue weighted by Crippen LogP contribution is 2.25. The van der Waals surface area contributed by atoms with Gasteiger partial charge in [0.1, 0.15) is 12.3 Å². The zero-order valence-electron chi connectivity index (χ0n) is 18.5. The summed E-state index contributed by atoms with van der Waals surface area (Å²) in [7, 11) is -3.93. The quantitative estimate of drug-likeness (QED) is 0.528. The molecule has 0 saturated carbocycles. The number of carbonyl (C=O) groups excluding carboxylic acids is 1. The van der Waals surface area contributed by atoms with E-state index in [1.165, 1.54) is 12.1 Å². The zero-order valence-corrected chi connectivity index (χ0v) is 19.4. The van der Waals surface area contributed by atoms with E-state index in [1.807, 2.05) is 51.1 Å². The summed E-state index contributed by atoms with van der Waals surface area (Å²) in [6, 6.07) is 21.1. The molecule has 32 heavy (non-hydrogen) atoms. The van der Waals surface area contributed by atoms with E-state index < -0.39 is 15.9 Å². The molecule has 0 atom stereocenters. The fraction of sp³-hybridized carbons (Fsp3) is 0.240. The predicted molar refractivity (Wildman–Crippen MR) is 126 cm³/mol. The molecule has 1 N–H and O–H groups in total. The van der Waals surface area contributed by atoms with Gasteiger partial charge in [0.15, 0.2) is 0 Å². The number of hydrogen-bond acceptors (Lipinski definition) is 4. The minimum Gasteiger partial charge on any atom is -0.494 e. The van der Waals surface area contributed by atoms with Gasteiger partial charge < -0.3 is 10.1 Å². The van der Waals surface area contributed by atoms with Crippen LogP contribution in [-0.2, 0) is 21.4 Å². The number of rotatable bonds is 9. The highest BCUT2D eigenvalue weighted by atomic mass is 32.2. The molecule has 0 heterocycles. The Morgan fingerprint density at radius 3 is 2.28 bits per heavy atom. The van der Waals surface area contributed by atoms with Gasteiger partial charge in [0.25, 0.3) is 10.0 Å². The zero-order chi connectivity index (χ0) is 23.1. The van der Waals surface area contributed by atoms with Gasteiger partial charge in [-0.2, -0.15) is 0 Å². The van der Waals surface area contributed by atoms with Crippen molar-refractivity contribution < 1.29 is 17.9 Å². The summed E-state index contributed by atoms with van der Waals surface area (Å²) in [4.78, 5) is 12.9. The van der Waals surface area contributed by atoms with Crippen molar-refractivity contribution in [2.45, 2.75) is 32.2 Å². The van der Waals surface area contributed by atoms with E-state index in [1.54, 1.807) is 30.3 Å². The second kappa shape index (κ2) is 10.3. The van der Waals surface area contributed by atoms with Crippen LogP contribution in [0.2, 0.25) is 0 Å². The van der Waals surface area contributed by atoms with Gasteiger partial charge in [0, 0.05) is 6.54 Å². The summed E-state index contributed by atoms with van der Waals surface area (Å²) in [6.45, 7) is 6.20. The largest absolute Gasteiger partial charge is 0.494 e. The lowest BCUT2D eigenvalue weighted by molar-refractivity contribution is -0.119. The second-order valence-corrected chi connectivity index (χ2v) is 9.39. The van der Waals surface area contributed by atoms with Gasteiger partial charge >= 0.3 is 0 Å². The molecule has 0 aliphatic carbocycles. The van der Waals surface area contributed by atoms with E-state index in [0.29, 0.717) is 12.3 Å². The van der Waals surface area contributed by atoms with E-state index in [2.05, 4.69) is 5.32 Å². The van der Waals surface area contributed by atoms with Crippen LogP contribution in [-0.4, -0.2) is 27.5 Å². The van der Waals surface area contributed by atoms with Crippen LogP contribution in [0.1, 0.15) is 23.6 Å². The summed E-state index contributed by atoms with van der Waals surface area (Å²) in [5.74, 6) is 0.327. The Labute approximate surface area is 189 Å². The Hall–Kier alpha value is -3.32. The topological polar surface area (TPSA) is 75.7 Å². The average Bonchev–Trinajstić information content (AvgIpc) is 2.76. The standard InChI is InChI=1S/C25H28N2O4S/c1-4-31-23-10-8-9-21(16-23)17-26-25(28)18-27(22-14-19(2)13-20(3)15-22)32(29,30)24-11-6-5-7-12-24/h5-16H,4,17-18H2,1-3H3,(H,26,28). The van der Waals surface area contributed by atoms with Gasteiger partial charge in [-0.3, -0.25) is 9.10 Å². The van der Waals surface area contributed by atoms with Crippen LogP contribution >= 0.6 is 0 Å². The molecule has 0 unspecified atom stereocenters. The number of hydrogen-bond donors (Lipinski definition) is 1. The van der Waals surface area contributed by atoms with Crippen molar-refractivity contribution in [3.05, 3.63) is 89.5 Å². The van der Waals surface area contributed by atoms with Crippen LogP contribution in [0.4, 0.5) is 5.69 Å². The Balaban J connectivity index is 1.84. The molecule has 0 saturated heterocycles. The molecule has 7 heteroatoms. The van der Waals surface area contributed by atoms with Gasteiger partial charge in [-0.05, 0) is 73.9 Å². The number of ether oxygens (including phenoxy) is 1. The summed E-state index contributed by atoms with van der Waals surface area (Å²) in [6.07, 6.45) is 0. The third kappa shape index (κ3) is 5.88. The monoisotopic (exact) mass is 452 g/mol. The predicted octanol–water partition coefficient (Wildman–Crippen LogP) is 4.21.